The lowest BCUT2D eigenvalue weighted by Crippen LogP contribution is -2.47. The van der Waals surface area contributed by atoms with E-state index in [2.05, 4.69) is 15.3 Å². The van der Waals surface area contributed by atoms with Crippen LogP contribution in [0.4, 0.5) is 0 Å². The van der Waals surface area contributed by atoms with Crippen LogP contribution in [0.15, 0.2) is 53.9 Å². The lowest BCUT2D eigenvalue weighted by molar-refractivity contribution is -0.137. The number of carbonyl (C=O) groups is 3. The number of nitrogens with two attached hydrogens (primary N) is 1. The van der Waals surface area contributed by atoms with Crippen LogP contribution in [0.2, 0.25) is 0 Å². The van der Waals surface area contributed by atoms with Crippen molar-refractivity contribution < 1.29 is 14.4 Å². The second-order valence-electron chi connectivity index (χ2n) is 5.44. The van der Waals surface area contributed by atoms with E-state index in [1.807, 2.05) is 16.8 Å². The number of nitrogens with one attached hydrogen (secondary N) is 1. The molecule has 0 radical (unpaired) electrons. The van der Waals surface area contributed by atoms with E-state index in [-0.39, 0.29) is 12.1 Å². The second-order valence-corrected chi connectivity index (χ2v) is 6.22. The van der Waals surface area contributed by atoms with Crippen LogP contribution in [0, 0.1) is 0 Å². The van der Waals surface area contributed by atoms with Gasteiger partial charge in [0.25, 0.3) is 11.8 Å². The molecule has 26 heavy (non-hydrogen) atoms. The van der Waals surface area contributed by atoms with E-state index in [1.54, 1.807) is 29.1 Å². The van der Waals surface area contributed by atoms with Gasteiger partial charge in [0.05, 0.1) is 18.2 Å². The zero-order valence-electron chi connectivity index (χ0n) is 13.5. The maximum atomic E-state index is 12.7. The summed E-state index contributed by atoms with van der Waals surface area (Å²) in [6, 6.07) is 4.21. The molecule has 3 rings (SSSR count). The highest BCUT2D eigenvalue weighted by molar-refractivity contribution is 7.07. The highest BCUT2D eigenvalue weighted by Gasteiger charge is 2.27. The molecule has 1 atom stereocenters. The second kappa shape index (κ2) is 7.70. The number of carbonyl (C=O) groups excluding carboxylic acids is 3. The molecule has 0 aliphatic carbocycles. The highest BCUT2D eigenvalue weighted by Crippen LogP contribution is 2.12. The molecule has 0 saturated heterocycles. The van der Waals surface area contributed by atoms with Gasteiger partial charge in [-0.05, 0) is 34.5 Å². The first kappa shape index (κ1) is 17.5. The predicted molar refractivity (Wildman–Crippen MR) is 94.8 cm³/mol. The summed E-state index contributed by atoms with van der Waals surface area (Å²) in [7, 11) is 0. The average Bonchev–Trinajstić information content (AvgIpc) is 3.32. The van der Waals surface area contributed by atoms with Crippen molar-refractivity contribution in [2.45, 2.75) is 12.5 Å². The van der Waals surface area contributed by atoms with Crippen LogP contribution in [0.25, 0.3) is 5.69 Å². The van der Waals surface area contributed by atoms with Gasteiger partial charge in [0.1, 0.15) is 11.7 Å². The molecular weight excluding hydrogens is 354 g/mol. The maximum absolute atomic E-state index is 12.7. The molecule has 2 amide bonds. The number of imidazole rings is 1. The number of nitrogens with zero attached hydrogens (tertiary/aromatic N) is 3. The number of hydrogen-bond donors (Lipinski definition) is 2. The third-order valence-corrected chi connectivity index (χ3v) is 4.43. The summed E-state index contributed by atoms with van der Waals surface area (Å²) < 4.78 is 1.56. The van der Waals surface area contributed by atoms with Crippen molar-refractivity contribution in [2.75, 3.05) is 0 Å². The molecule has 0 aliphatic heterocycles. The van der Waals surface area contributed by atoms with Gasteiger partial charge in [0.15, 0.2) is 0 Å². The monoisotopic (exact) mass is 369 g/mol. The Balaban J connectivity index is 1.83. The van der Waals surface area contributed by atoms with Crippen LogP contribution < -0.4 is 11.1 Å². The average molecular weight is 369 g/mol. The number of pyridine rings is 1. The van der Waals surface area contributed by atoms with Crippen molar-refractivity contribution >= 4 is 28.9 Å². The van der Waals surface area contributed by atoms with Gasteiger partial charge in [0.2, 0.25) is 5.78 Å². The number of aromatic nitrogens is 3. The minimum Gasteiger partial charge on any atom is -0.363 e. The van der Waals surface area contributed by atoms with Gasteiger partial charge in [-0.3, -0.25) is 23.9 Å². The third-order valence-electron chi connectivity index (χ3n) is 3.70. The molecule has 0 aliphatic rings. The number of hydrogen-bond acceptors (Lipinski definition) is 6. The Kier molecular flexibility index (Phi) is 5.18. The van der Waals surface area contributed by atoms with Crippen LogP contribution >= 0.6 is 11.3 Å². The molecule has 9 heteroatoms. The Morgan fingerprint density at radius 1 is 1.19 bits per heavy atom. The smallest absolute Gasteiger partial charge is 0.287 e. The van der Waals surface area contributed by atoms with Crippen molar-refractivity contribution in [3.8, 4) is 5.69 Å². The van der Waals surface area contributed by atoms with Crippen molar-refractivity contribution in [1.29, 1.82) is 0 Å². The highest BCUT2D eigenvalue weighted by atomic mass is 32.1. The van der Waals surface area contributed by atoms with Crippen molar-refractivity contribution in [2.24, 2.45) is 5.73 Å². The fourth-order valence-corrected chi connectivity index (χ4v) is 3.11. The van der Waals surface area contributed by atoms with Crippen molar-refractivity contribution in [1.82, 2.24) is 19.9 Å². The molecule has 0 fully saturated rings. The van der Waals surface area contributed by atoms with E-state index >= 15 is 0 Å². The normalized spacial score (nSPS) is 11.7. The molecular formula is C17H15N5O3S. The number of ketones is 1. The lowest BCUT2D eigenvalue weighted by Gasteiger charge is -2.16. The molecule has 0 bridgehead atoms. The number of Topliss-reactive ketones (excluding diaryl/α,β-unsaturated/α-hetero) is 1. The summed E-state index contributed by atoms with van der Waals surface area (Å²) in [6.07, 6.45) is 6.22. The van der Waals surface area contributed by atoms with Crippen LogP contribution in [0.5, 0.6) is 0 Å². The third kappa shape index (κ3) is 3.83. The number of thiophene rings is 1. The van der Waals surface area contributed by atoms with Crippen LogP contribution in [0.3, 0.4) is 0 Å². The number of primary amides is 1. The van der Waals surface area contributed by atoms with Gasteiger partial charge in [0, 0.05) is 18.8 Å². The molecule has 1 unspecified atom stereocenters. The fraction of sp³-hybridized carbons (Fsp3) is 0.118. The Morgan fingerprint density at radius 2 is 1.96 bits per heavy atom. The van der Waals surface area contributed by atoms with Gasteiger partial charge in [-0.2, -0.15) is 11.3 Å². The molecule has 0 saturated carbocycles. The first-order valence-electron chi connectivity index (χ1n) is 7.64. The largest absolute Gasteiger partial charge is 0.363 e. The Bertz CT molecular complexity index is 921. The molecule has 3 heterocycles. The number of amides is 2. The summed E-state index contributed by atoms with van der Waals surface area (Å²) in [5.74, 6) is -2.47. The molecule has 3 aromatic rings. The first-order valence-corrected chi connectivity index (χ1v) is 8.59. The van der Waals surface area contributed by atoms with E-state index in [0.29, 0.717) is 5.69 Å². The predicted octanol–water partition coefficient (Wildman–Crippen LogP) is 0.724. The maximum Gasteiger partial charge on any atom is 0.287 e. The summed E-state index contributed by atoms with van der Waals surface area (Å²) in [5, 5.41) is 6.28. The van der Waals surface area contributed by atoms with Gasteiger partial charge in [-0.15, -0.1) is 0 Å². The minimum atomic E-state index is -1.09. The summed E-state index contributed by atoms with van der Waals surface area (Å²) >= 11 is 1.46. The van der Waals surface area contributed by atoms with Crippen LogP contribution in [-0.2, 0) is 16.0 Å². The standard InChI is InChI=1S/C17H15N5O3S/c18-16(24)15(23)13(7-11-3-6-26-9-11)21-17(25)14-8-20-10-22(14)12-1-4-19-5-2-12/h1-6,8-10,13H,7H2,(H2,18,24)(H,21,25). The van der Waals surface area contributed by atoms with Gasteiger partial charge < -0.3 is 11.1 Å². The Morgan fingerprint density at radius 3 is 2.62 bits per heavy atom. The van der Waals surface area contributed by atoms with Gasteiger partial charge >= 0.3 is 0 Å². The molecule has 3 aromatic heterocycles. The van der Waals surface area contributed by atoms with Gasteiger partial charge in [-0.1, -0.05) is 0 Å². The van der Waals surface area contributed by atoms with E-state index < -0.39 is 23.6 Å². The van der Waals surface area contributed by atoms with Crippen molar-refractivity contribution in [3.05, 3.63) is 65.1 Å². The van der Waals surface area contributed by atoms with Crippen LogP contribution in [-0.4, -0.2) is 38.2 Å². The zero-order chi connectivity index (χ0) is 18.5. The van der Waals surface area contributed by atoms with E-state index in [4.69, 9.17) is 5.73 Å². The molecule has 8 nitrogen and oxygen atoms in total. The summed E-state index contributed by atoms with van der Waals surface area (Å²) in [4.78, 5) is 44.0. The number of rotatable bonds is 7. The van der Waals surface area contributed by atoms with Gasteiger partial charge in [-0.25, -0.2) is 4.98 Å². The Labute approximate surface area is 152 Å². The summed E-state index contributed by atoms with van der Waals surface area (Å²) in [5.41, 5.74) is 6.87. The molecule has 0 spiro atoms. The van der Waals surface area contributed by atoms with Crippen LogP contribution in [0.1, 0.15) is 16.1 Å². The fourth-order valence-electron chi connectivity index (χ4n) is 2.43. The quantitative estimate of drug-likeness (QED) is 0.595. The minimum absolute atomic E-state index is 0.181. The van der Waals surface area contributed by atoms with Crippen molar-refractivity contribution in [3.63, 3.8) is 0 Å². The van der Waals surface area contributed by atoms with E-state index in [0.717, 1.165) is 5.56 Å². The molecule has 0 aromatic carbocycles. The first-order chi connectivity index (χ1) is 12.6. The summed E-state index contributed by atoms with van der Waals surface area (Å²) in [6.45, 7) is 0. The lowest BCUT2D eigenvalue weighted by atomic mass is 10.0. The Hall–Kier alpha value is -3.33. The van der Waals surface area contributed by atoms with E-state index in [9.17, 15) is 14.4 Å². The molecule has 132 valence electrons. The SMILES string of the molecule is NC(=O)C(=O)C(Cc1ccsc1)NC(=O)c1cncn1-c1ccncc1. The van der Waals surface area contributed by atoms with E-state index in [1.165, 1.54) is 23.9 Å². The topological polar surface area (TPSA) is 120 Å². The molecule has 3 N–H and O–H groups in total. The zero-order valence-corrected chi connectivity index (χ0v) is 14.3.